The first-order valence-corrected chi connectivity index (χ1v) is 10.7. The van der Waals surface area contributed by atoms with E-state index in [4.69, 9.17) is 0 Å². The van der Waals surface area contributed by atoms with Crippen molar-refractivity contribution >= 4 is 23.2 Å². The predicted molar refractivity (Wildman–Crippen MR) is 106 cm³/mol. The van der Waals surface area contributed by atoms with Gasteiger partial charge in [0.2, 0.25) is 0 Å². The van der Waals surface area contributed by atoms with Gasteiger partial charge >= 0.3 is 12.1 Å². The predicted octanol–water partition coefficient (Wildman–Crippen LogP) is 5.57. The highest BCUT2D eigenvalue weighted by Crippen LogP contribution is 2.57. The molecule has 0 atom stereocenters. The molecule has 0 spiro atoms. The van der Waals surface area contributed by atoms with Crippen LogP contribution in [0.4, 0.5) is 22.0 Å². The van der Waals surface area contributed by atoms with Gasteiger partial charge in [0.1, 0.15) is 23.2 Å². The molecule has 3 rings (SSSR count). The van der Waals surface area contributed by atoms with Gasteiger partial charge in [0.15, 0.2) is 0 Å². The van der Waals surface area contributed by atoms with Crippen LogP contribution in [-0.2, 0) is 0 Å². The first-order chi connectivity index (χ1) is 13.3. The van der Waals surface area contributed by atoms with E-state index in [1.165, 1.54) is 0 Å². The van der Waals surface area contributed by atoms with Gasteiger partial charge < -0.3 is 0 Å². The molecule has 0 aliphatic heterocycles. The molecule has 28 heavy (non-hydrogen) atoms. The van der Waals surface area contributed by atoms with Crippen LogP contribution in [0.3, 0.4) is 0 Å². The summed E-state index contributed by atoms with van der Waals surface area (Å²) in [7, 11) is -2.70. The first-order valence-electron chi connectivity index (χ1n) is 8.77. The van der Waals surface area contributed by atoms with Gasteiger partial charge in [0.25, 0.3) is 0 Å². The molecular weight excluding hydrogens is 390 g/mol. The lowest BCUT2D eigenvalue weighted by atomic mass is 10.2. The van der Waals surface area contributed by atoms with Gasteiger partial charge in [0, 0.05) is 0 Å². The number of benzene rings is 3. The number of hydrogen-bond donors (Lipinski definition) is 0. The van der Waals surface area contributed by atoms with Crippen molar-refractivity contribution in [1.82, 2.24) is 0 Å². The molecule has 0 heterocycles. The molecule has 0 saturated heterocycles. The van der Waals surface area contributed by atoms with E-state index in [0.717, 1.165) is 15.9 Å². The zero-order valence-electron chi connectivity index (χ0n) is 14.9. The summed E-state index contributed by atoms with van der Waals surface area (Å²) in [4.78, 5) is 0. The SMILES string of the molecule is FC(F)(F)C(F)(F)CC[P+](c1ccccc1)(c1ccccc1)c1ccccc1. The fourth-order valence-corrected chi connectivity index (χ4v) is 7.66. The number of hydrogen-bond acceptors (Lipinski definition) is 0. The highest BCUT2D eigenvalue weighted by Gasteiger charge is 2.59. The third kappa shape index (κ3) is 3.95. The van der Waals surface area contributed by atoms with Crippen molar-refractivity contribution in [3.8, 4) is 0 Å². The van der Waals surface area contributed by atoms with Crippen LogP contribution in [0.5, 0.6) is 0 Å². The van der Waals surface area contributed by atoms with Gasteiger partial charge in [-0.2, -0.15) is 22.0 Å². The van der Waals surface area contributed by atoms with Crippen molar-refractivity contribution in [2.45, 2.75) is 18.5 Å². The largest absolute Gasteiger partial charge is 0.453 e. The lowest BCUT2D eigenvalue weighted by Crippen LogP contribution is -2.40. The molecule has 6 heteroatoms. The second-order valence-electron chi connectivity index (χ2n) is 6.49. The Balaban J connectivity index is 2.20. The Morgan fingerprint density at radius 1 is 0.536 bits per heavy atom. The second kappa shape index (κ2) is 8.00. The lowest BCUT2D eigenvalue weighted by molar-refractivity contribution is -0.282. The quantitative estimate of drug-likeness (QED) is 0.369. The molecule has 0 fully saturated rings. The summed E-state index contributed by atoms with van der Waals surface area (Å²) in [6, 6.07) is 27.1. The van der Waals surface area contributed by atoms with Crippen LogP contribution < -0.4 is 15.9 Å². The van der Waals surface area contributed by atoms with Crippen LogP contribution >= 0.6 is 7.26 Å². The molecule has 0 N–H and O–H groups in total. The van der Waals surface area contributed by atoms with E-state index >= 15 is 0 Å². The minimum absolute atomic E-state index is 0.280. The van der Waals surface area contributed by atoms with E-state index in [-0.39, 0.29) is 6.16 Å². The minimum atomic E-state index is -5.56. The van der Waals surface area contributed by atoms with Crippen molar-refractivity contribution in [3.05, 3.63) is 91.0 Å². The van der Waals surface area contributed by atoms with Crippen molar-refractivity contribution in [3.63, 3.8) is 0 Å². The average molecular weight is 409 g/mol. The number of halogens is 5. The molecule has 0 nitrogen and oxygen atoms in total. The molecule has 0 bridgehead atoms. The fourth-order valence-electron chi connectivity index (χ4n) is 3.33. The van der Waals surface area contributed by atoms with Gasteiger partial charge in [-0.15, -0.1) is 0 Å². The van der Waals surface area contributed by atoms with E-state index in [0.29, 0.717) is 0 Å². The maximum absolute atomic E-state index is 13.9. The summed E-state index contributed by atoms with van der Waals surface area (Å²) in [5.74, 6) is -4.74. The summed E-state index contributed by atoms with van der Waals surface area (Å²) in [5, 5.41) is 2.35. The van der Waals surface area contributed by atoms with Crippen molar-refractivity contribution in [2.75, 3.05) is 6.16 Å². The van der Waals surface area contributed by atoms with Crippen LogP contribution in [0.1, 0.15) is 6.42 Å². The molecule has 3 aromatic carbocycles. The molecular formula is C22H19F5P+. The molecule has 0 radical (unpaired) electrons. The summed E-state index contributed by atoms with van der Waals surface area (Å²) >= 11 is 0. The normalized spacial score (nSPS) is 12.8. The zero-order valence-corrected chi connectivity index (χ0v) is 15.8. The van der Waals surface area contributed by atoms with Crippen LogP contribution in [0.2, 0.25) is 0 Å². The van der Waals surface area contributed by atoms with Gasteiger partial charge in [-0.1, -0.05) is 54.6 Å². The Hall–Kier alpha value is -2.26. The van der Waals surface area contributed by atoms with E-state index in [9.17, 15) is 22.0 Å². The second-order valence-corrected chi connectivity index (χ2v) is 10.1. The Morgan fingerprint density at radius 2 is 0.857 bits per heavy atom. The van der Waals surface area contributed by atoms with E-state index in [1.54, 1.807) is 54.6 Å². The van der Waals surface area contributed by atoms with Gasteiger partial charge in [-0.3, -0.25) is 0 Å². The topological polar surface area (TPSA) is 0 Å². The average Bonchev–Trinajstić information content (AvgIpc) is 2.70. The third-order valence-corrected chi connectivity index (χ3v) is 9.20. The van der Waals surface area contributed by atoms with Crippen molar-refractivity contribution in [1.29, 1.82) is 0 Å². The lowest BCUT2D eigenvalue weighted by Gasteiger charge is -2.29. The highest BCUT2D eigenvalue weighted by molar-refractivity contribution is 7.95. The zero-order chi connectivity index (χ0) is 20.3. The number of alkyl halides is 5. The van der Waals surface area contributed by atoms with Crippen LogP contribution in [0.25, 0.3) is 0 Å². The standard InChI is InChI=1S/C22H19F5P/c23-21(24,22(25,26)27)16-17-28(18-10-4-1-5-11-18,19-12-6-2-7-13-19)20-14-8-3-9-15-20/h1-15H,16-17H2/q+1. The summed E-state index contributed by atoms with van der Waals surface area (Å²) in [6.07, 6.45) is -7.10. The molecule has 0 aromatic heterocycles. The fraction of sp³-hybridized carbons (Fsp3) is 0.182. The molecule has 0 aliphatic carbocycles. The van der Waals surface area contributed by atoms with E-state index in [1.807, 2.05) is 36.4 Å². The Kier molecular flexibility index (Phi) is 5.85. The van der Waals surface area contributed by atoms with Crippen LogP contribution in [-0.4, -0.2) is 18.3 Å². The molecule has 0 amide bonds. The maximum Gasteiger partial charge on any atom is 0.453 e. The van der Waals surface area contributed by atoms with Gasteiger partial charge in [0.05, 0.1) is 12.6 Å². The van der Waals surface area contributed by atoms with E-state index < -0.39 is 25.8 Å². The van der Waals surface area contributed by atoms with E-state index in [2.05, 4.69) is 0 Å². The minimum Gasteiger partial charge on any atom is -0.196 e. The van der Waals surface area contributed by atoms with Crippen molar-refractivity contribution < 1.29 is 22.0 Å². The van der Waals surface area contributed by atoms with Crippen LogP contribution in [0, 0.1) is 0 Å². The highest BCUT2D eigenvalue weighted by atomic mass is 31.2. The smallest absolute Gasteiger partial charge is 0.196 e. The third-order valence-electron chi connectivity index (χ3n) is 4.77. The Morgan fingerprint density at radius 3 is 1.14 bits per heavy atom. The Bertz CT molecular complexity index is 780. The summed E-state index contributed by atoms with van der Waals surface area (Å²) < 4.78 is 66.4. The first kappa shape index (κ1) is 20.5. The van der Waals surface area contributed by atoms with Gasteiger partial charge in [-0.05, 0) is 36.4 Å². The molecule has 0 aliphatic rings. The molecule has 0 saturated carbocycles. The molecule has 0 unspecified atom stereocenters. The molecule has 3 aromatic rings. The molecule has 146 valence electrons. The van der Waals surface area contributed by atoms with Crippen LogP contribution in [0.15, 0.2) is 91.0 Å². The Labute approximate surface area is 161 Å². The summed E-state index contributed by atoms with van der Waals surface area (Å²) in [5.41, 5.74) is 0. The number of rotatable bonds is 6. The monoisotopic (exact) mass is 409 g/mol. The van der Waals surface area contributed by atoms with Gasteiger partial charge in [-0.25, -0.2) is 0 Å². The maximum atomic E-state index is 13.9. The van der Waals surface area contributed by atoms with Crippen molar-refractivity contribution in [2.24, 2.45) is 0 Å². The summed E-state index contributed by atoms with van der Waals surface area (Å²) in [6.45, 7) is 0.